The third-order valence-electron chi connectivity index (χ3n) is 3.07. The lowest BCUT2D eigenvalue weighted by atomic mass is 10.1. The standard InChI is InChI=1S/C15H23N3O3/c1-3-4-9-21-13-7-5-12(6-8-13)15(19)17-10-11(2)14(16)18-20/h5-8,11,20H,3-4,9-10H2,1-2H3,(H2,16,18)(H,17,19). The molecule has 0 saturated carbocycles. The first-order valence-corrected chi connectivity index (χ1v) is 7.07. The number of hydrogen-bond donors (Lipinski definition) is 3. The van der Waals surface area contributed by atoms with E-state index in [2.05, 4.69) is 17.4 Å². The molecule has 6 heteroatoms. The second kappa shape index (κ2) is 8.84. The molecule has 1 amide bonds. The SMILES string of the molecule is CCCCOc1ccc(C(=O)NCC(C)C(N)=NO)cc1. The van der Waals surface area contributed by atoms with Crippen LogP contribution >= 0.6 is 0 Å². The minimum Gasteiger partial charge on any atom is -0.494 e. The van der Waals surface area contributed by atoms with E-state index in [4.69, 9.17) is 15.7 Å². The average molecular weight is 293 g/mol. The van der Waals surface area contributed by atoms with Crippen LogP contribution in [0.15, 0.2) is 29.4 Å². The van der Waals surface area contributed by atoms with Gasteiger partial charge in [0.2, 0.25) is 0 Å². The maximum Gasteiger partial charge on any atom is 0.251 e. The zero-order valence-electron chi connectivity index (χ0n) is 12.5. The van der Waals surface area contributed by atoms with Gasteiger partial charge in [-0.1, -0.05) is 25.4 Å². The van der Waals surface area contributed by atoms with Gasteiger partial charge in [-0.2, -0.15) is 0 Å². The van der Waals surface area contributed by atoms with Crippen molar-refractivity contribution in [1.82, 2.24) is 5.32 Å². The molecule has 0 aliphatic carbocycles. The van der Waals surface area contributed by atoms with Crippen molar-refractivity contribution in [2.75, 3.05) is 13.2 Å². The molecular weight excluding hydrogens is 270 g/mol. The Bertz CT molecular complexity index is 472. The van der Waals surface area contributed by atoms with Gasteiger partial charge in [0.15, 0.2) is 0 Å². The van der Waals surface area contributed by atoms with Gasteiger partial charge in [0.1, 0.15) is 11.6 Å². The van der Waals surface area contributed by atoms with Crippen LogP contribution in [0.2, 0.25) is 0 Å². The summed E-state index contributed by atoms with van der Waals surface area (Å²) in [7, 11) is 0. The lowest BCUT2D eigenvalue weighted by Gasteiger charge is -2.11. The van der Waals surface area contributed by atoms with E-state index in [1.54, 1.807) is 31.2 Å². The minimum absolute atomic E-state index is 0.0926. The van der Waals surface area contributed by atoms with Crippen molar-refractivity contribution in [3.8, 4) is 5.75 Å². The summed E-state index contributed by atoms with van der Waals surface area (Å²) in [6, 6.07) is 6.98. The minimum atomic E-state index is -0.226. The summed E-state index contributed by atoms with van der Waals surface area (Å²) in [5.74, 6) is 0.420. The van der Waals surface area contributed by atoms with E-state index < -0.39 is 0 Å². The Kier molecular flexibility index (Phi) is 7.08. The smallest absolute Gasteiger partial charge is 0.251 e. The summed E-state index contributed by atoms with van der Waals surface area (Å²) in [5.41, 5.74) is 6.00. The Balaban J connectivity index is 2.47. The fourth-order valence-corrected chi connectivity index (χ4v) is 1.59. The summed E-state index contributed by atoms with van der Waals surface area (Å²) in [4.78, 5) is 11.9. The monoisotopic (exact) mass is 293 g/mol. The molecule has 1 unspecified atom stereocenters. The number of nitrogens with two attached hydrogens (primary N) is 1. The van der Waals surface area contributed by atoms with Crippen molar-refractivity contribution in [3.63, 3.8) is 0 Å². The number of nitrogens with zero attached hydrogens (tertiary/aromatic N) is 1. The lowest BCUT2D eigenvalue weighted by Crippen LogP contribution is -2.34. The maximum atomic E-state index is 11.9. The van der Waals surface area contributed by atoms with Crippen molar-refractivity contribution in [2.45, 2.75) is 26.7 Å². The Morgan fingerprint density at radius 3 is 2.67 bits per heavy atom. The van der Waals surface area contributed by atoms with E-state index in [1.807, 2.05) is 0 Å². The zero-order chi connectivity index (χ0) is 15.7. The topological polar surface area (TPSA) is 96.9 Å². The third kappa shape index (κ3) is 5.72. The first-order valence-electron chi connectivity index (χ1n) is 7.07. The molecule has 6 nitrogen and oxygen atoms in total. The number of oxime groups is 1. The van der Waals surface area contributed by atoms with E-state index in [9.17, 15) is 4.79 Å². The molecule has 116 valence electrons. The summed E-state index contributed by atoms with van der Waals surface area (Å²) < 4.78 is 5.53. The second-order valence-corrected chi connectivity index (χ2v) is 4.86. The van der Waals surface area contributed by atoms with Crippen LogP contribution in [0.25, 0.3) is 0 Å². The molecule has 1 atom stereocenters. The Morgan fingerprint density at radius 1 is 1.43 bits per heavy atom. The molecule has 0 aromatic heterocycles. The number of ether oxygens (including phenoxy) is 1. The highest BCUT2D eigenvalue weighted by Gasteiger charge is 2.11. The van der Waals surface area contributed by atoms with E-state index in [0.717, 1.165) is 18.6 Å². The molecule has 1 aromatic carbocycles. The van der Waals surface area contributed by atoms with Gasteiger partial charge in [-0.15, -0.1) is 0 Å². The second-order valence-electron chi connectivity index (χ2n) is 4.86. The number of amides is 1. The normalized spacial score (nSPS) is 12.8. The van der Waals surface area contributed by atoms with Crippen LogP contribution in [0.5, 0.6) is 5.75 Å². The number of unbranched alkanes of at least 4 members (excludes halogenated alkanes) is 1. The van der Waals surface area contributed by atoms with E-state index in [0.29, 0.717) is 18.7 Å². The highest BCUT2D eigenvalue weighted by molar-refractivity contribution is 5.94. The van der Waals surface area contributed by atoms with Crippen LogP contribution < -0.4 is 15.8 Å². The molecule has 0 aliphatic rings. The van der Waals surface area contributed by atoms with Crippen LogP contribution in [0, 0.1) is 5.92 Å². The summed E-state index contributed by atoms with van der Waals surface area (Å²) in [6.45, 7) is 4.86. The zero-order valence-corrected chi connectivity index (χ0v) is 12.5. The number of amidine groups is 1. The van der Waals surface area contributed by atoms with Crippen LogP contribution in [0.1, 0.15) is 37.0 Å². The number of rotatable bonds is 8. The van der Waals surface area contributed by atoms with Gasteiger partial charge in [-0.25, -0.2) is 0 Å². The molecule has 1 rings (SSSR count). The largest absolute Gasteiger partial charge is 0.494 e. The molecule has 0 heterocycles. The van der Waals surface area contributed by atoms with Crippen LogP contribution in [-0.2, 0) is 0 Å². The molecule has 21 heavy (non-hydrogen) atoms. The van der Waals surface area contributed by atoms with Gasteiger partial charge in [0.05, 0.1) is 6.61 Å². The van der Waals surface area contributed by atoms with Crippen molar-refractivity contribution in [2.24, 2.45) is 16.8 Å². The van der Waals surface area contributed by atoms with Gasteiger partial charge in [-0.3, -0.25) is 4.79 Å². The number of carbonyl (C=O) groups excluding carboxylic acids is 1. The van der Waals surface area contributed by atoms with Gasteiger partial charge >= 0.3 is 0 Å². The third-order valence-corrected chi connectivity index (χ3v) is 3.07. The number of carbonyl (C=O) groups is 1. The number of benzene rings is 1. The van der Waals surface area contributed by atoms with Crippen LogP contribution in [0.3, 0.4) is 0 Å². The molecule has 4 N–H and O–H groups in total. The molecule has 0 spiro atoms. The van der Waals surface area contributed by atoms with Crippen molar-refractivity contribution in [1.29, 1.82) is 0 Å². The molecule has 0 bridgehead atoms. The van der Waals surface area contributed by atoms with Gasteiger partial charge in [0.25, 0.3) is 5.91 Å². The molecular formula is C15H23N3O3. The maximum absolute atomic E-state index is 11.9. The molecule has 0 radical (unpaired) electrons. The fourth-order valence-electron chi connectivity index (χ4n) is 1.59. The highest BCUT2D eigenvalue weighted by atomic mass is 16.5. The van der Waals surface area contributed by atoms with E-state index >= 15 is 0 Å². The first kappa shape index (κ1) is 16.8. The Hall–Kier alpha value is -2.24. The summed E-state index contributed by atoms with van der Waals surface area (Å²) >= 11 is 0. The van der Waals surface area contributed by atoms with Gasteiger partial charge in [-0.05, 0) is 30.7 Å². The van der Waals surface area contributed by atoms with Crippen LogP contribution in [-0.4, -0.2) is 30.1 Å². The quantitative estimate of drug-likeness (QED) is 0.224. The predicted octanol–water partition coefficient (Wildman–Crippen LogP) is 1.98. The summed E-state index contributed by atoms with van der Waals surface area (Å²) in [5, 5.41) is 14.2. The van der Waals surface area contributed by atoms with Gasteiger partial charge in [0, 0.05) is 18.0 Å². The van der Waals surface area contributed by atoms with Crippen molar-refractivity contribution in [3.05, 3.63) is 29.8 Å². The summed E-state index contributed by atoms with van der Waals surface area (Å²) in [6.07, 6.45) is 2.09. The number of hydrogen-bond acceptors (Lipinski definition) is 4. The predicted molar refractivity (Wildman–Crippen MR) is 81.8 cm³/mol. The van der Waals surface area contributed by atoms with Crippen molar-refractivity contribution < 1.29 is 14.7 Å². The van der Waals surface area contributed by atoms with Gasteiger partial charge < -0.3 is 21.0 Å². The molecule has 1 aromatic rings. The van der Waals surface area contributed by atoms with Crippen molar-refractivity contribution >= 4 is 11.7 Å². The molecule has 0 saturated heterocycles. The highest BCUT2D eigenvalue weighted by Crippen LogP contribution is 2.12. The van der Waals surface area contributed by atoms with E-state index in [-0.39, 0.29) is 17.7 Å². The first-order chi connectivity index (χ1) is 10.1. The molecule has 0 aliphatic heterocycles. The van der Waals surface area contributed by atoms with Crippen LogP contribution in [0.4, 0.5) is 0 Å². The number of nitrogens with one attached hydrogen (secondary N) is 1. The average Bonchev–Trinajstić information content (AvgIpc) is 2.52. The molecule has 0 fully saturated rings. The fraction of sp³-hybridized carbons (Fsp3) is 0.467. The lowest BCUT2D eigenvalue weighted by molar-refractivity contribution is 0.0951. The Labute approximate surface area is 125 Å². The van der Waals surface area contributed by atoms with E-state index in [1.165, 1.54) is 0 Å². The Morgan fingerprint density at radius 2 is 2.10 bits per heavy atom.